The van der Waals surface area contributed by atoms with Crippen LogP contribution in [0.5, 0.6) is 5.75 Å². The Morgan fingerprint density at radius 3 is 2.59 bits per heavy atom. The van der Waals surface area contributed by atoms with Crippen LogP contribution in [-0.2, 0) is 0 Å². The average Bonchev–Trinajstić information content (AvgIpc) is 2.20. The van der Waals surface area contributed by atoms with Crippen LogP contribution in [0.4, 0.5) is 18.9 Å². The summed E-state index contributed by atoms with van der Waals surface area (Å²) < 4.78 is 40.1. The monoisotopic (exact) mass is 309 g/mol. The topological polar surface area (TPSA) is 21.3 Å². The second-order valence-electron chi connectivity index (χ2n) is 3.36. The molecule has 0 aliphatic rings. The molecule has 17 heavy (non-hydrogen) atoms. The zero-order chi connectivity index (χ0) is 13.1. The third-order valence-electron chi connectivity index (χ3n) is 1.91. The summed E-state index contributed by atoms with van der Waals surface area (Å²) in [6, 6.07) is 4.29. The summed E-state index contributed by atoms with van der Waals surface area (Å²) in [6.07, 6.45) is -3.00. The maximum absolute atomic E-state index is 12.0. The molecule has 0 aromatic heterocycles. The predicted octanol–water partition coefficient (Wildman–Crippen LogP) is 4.33. The van der Waals surface area contributed by atoms with Crippen molar-refractivity contribution in [3.8, 4) is 5.75 Å². The lowest BCUT2D eigenvalue weighted by Crippen LogP contribution is -2.17. The Hall–Kier alpha value is -1.17. The van der Waals surface area contributed by atoms with Gasteiger partial charge < -0.3 is 10.1 Å². The summed E-state index contributed by atoms with van der Waals surface area (Å²) in [5.41, 5.74) is 0.679. The van der Waals surface area contributed by atoms with Crippen LogP contribution in [-0.4, -0.2) is 12.4 Å². The molecule has 0 fully saturated rings. The molecule has 0 amide bonds. The van der Waals surface area contributed by atoms with E-state index in [0.717, 1.165) is 0 Å². The number of hydrogen-bond donors (Lipinski definition) is 1. The summed E-state index contributed by atoms with van der Waals surface area (Å²) in [7, 11) is 0. The van der Waals surface area contributed by atoms with E-state index >= 15 is 0 Å². The second kappa shape index (κ2) is 5.44. The molecule has 0 aliphatic heterocycles. The normalized spacial score (nSPS) is 13.0. The van der Waals surface area contributed by atoms with Gasteiger partial charge in [0.15, 0.2) is 0 Å². The van der Waals surface area contributed by atoms with Crippen molar-refractivity contribution >= 4 is 21.6 Å². The molecule has 0 radical (unpaired) electrons. The van der Waals surface area contributed by atoms with Gasteiger partial charge in [-0.25, -0.2) is 0 Å². The molecule has 1 aromatic carbocycles. The standard InChI is InChI=1S/C11H11BrF3NO/c1-3-7(2)16-8-4-5-10(9(12)6-8)17-11(13,14)15/h3-7,16H,1H2,2H3. The van der Waals surface area contributed by atoms with Crippen LogP contribution in [0, 0.1) is 0 Å². The van der Waals surface area contributed by atoms with Gasteiger partial charge in [0.25, 0.3) is 0 Å². The number of hydrogen-bond acceptors (Lipinski definition) is 2. The molecule has 0 saturated heterocycles. The minimum atomic E-state index is -4.69. The second-order valence-corrected chi connectivity index (χ2v) is 4.22. The number of rotatable bonds is 4. The Balaban J connectivity index is 2.83. The molecule has 1 atom stereocenters. The van der Waals surface area contributed by atoms with Gasteiger partial charge in [0, 0.05) is 11.7 Å². The molecule has 94 valence electrons. The van der Waals surface area contributed by atoms with Crippen molar-refractivity contribution in [2.45, 2.75) is 19.3 Å². The van der Waals surface area contributed by atoms with Crippen molar-refractivity contribution in [2.24, 2.45) is 0 Å². The number of alkyl halides is 3. The minimum absolute atomic E-state index is 0.0243. The van der Waals surface area contributed by atoms with E-state index in [1.54, 1.807) is 6.08 Å². The fourth-order valence-electron chi connectivity index (χ4n) is 1.12. The van der Waals surface area contributed by atoms with Gasteiger partial charge in [-0.2, -0.15) is 0 Å². The quantitative estimate of drug-likeness (QED) is 0.836. The maximum atomic E-state index is 12.0. The van der Waals surface area contributed by atoms with E-state index in [-0.39, 0.29) is 16.3 Å². The molecule has 0 spiro atoms. The first-order valence-electron chi connectivity index (χ1n) is 4.76. The van der Waals surface area contributed by atoms with E-state index in [0.29, 0.717) is 5.69 Å². The predicted molar refractivity (Wildman–Crippen MR) is 64.1 cm³/mol. The molecule has 2 nitrogen and oxygen atoms in total. The lowest BCUT2D eigenvalue weighted by molar-refractivity contribution is -0.274. The molecular formula is C11H11BrF3NO. The highest BCUT2D eigenvalue weighted by Crippen LogP contribution is 2.32. The molecule has 0 heterocycles. The van der Waals surface area contributed by atoms with Crippen molar-refractivity contribution in [2.75, 3.05) is 5.32 Å². The van der Waals surface area contributed by atoms with Gasteiger partial charge in [0.05, 0.1) is 4.47 Å². The smallest absolute Gasteiger partial charge is 0.405 e. The van der Waals surface area contributed by atoms with Crippen molar-refractivity contribution in [3.63, 3.8) is 0 Å². The van der Waals surface area contributed by atoms with Gasteiger partial charge >= 0.3 is 6.36 Å². The van der Waals surface area contributed by atoms with Crippen molar-refractivity contribution in [3.05, 3.63) is 35.3 Å². The fraction of sp³-hybridized carbons (Fsp3) is 0.273. The van der Waals surface area contributed by atoms with E-state index in [9.17, 15) is 13.2 Å². The van der Waals surface area contributed by atoms with E-state index in [1.165, 1.54) is 18.2 Å². The zero-order valence-corrected chi connectivity index (χ0v) is 10.6. The van der Waals surface area contributed by atoms with Crippen LogP contribution >= 0.6 is 15.9 Å². The van der Waals surface area contributed by atoms with E-state index in [2.05, 4.69) is 32.6 Å². The van der Waals surface area contributed by atoms with E-state index in [4.69, 9.17) is 0 Å². The summed E-state index contributed by atoms with van der Waals surface area (Å²) in [4.78, 5) is 0. The lowest BCUT2D eigenvalue weighted by atomic mass is 10.2. The first-order chi connectivity index (χ1) is 7.81. The molecule has 0 bridgehead atoms. The third-order valence-corrected chi connectivity index (χ3v) is 2.53. The van der Waals surface area contributed by atoms with Gasteiger partial charge in [-0.05, 0) is 41.1 Å². The van der Waals surface area contributed by atoms with Crippen LogP contribution in [0.25, 0.3) is 0 Å². The van der Waals surface area contributed by atoms with Gasteiger partial charge in [-0.15, -0.1) is 19.8 Å². The van der Waals surface area contributed by atoms with Gasteiger partial charge in [-0.3, -0.25) is 0 Å². The Bertz CT molecular complexity index is 406. The van der Waals surface area contributed by atoms with Gasteiger partial charge in [0.2, 0.25) is 0 Å². The number of ether oxygens (including phenoxy) is 1. The first-order valence-corrected chi connectivity index (χ1v) is 5.55. The summed E-state index contributed by atoms with van der Waals surface area (Å²) in [5.74, 6) is -0.269. The van der Waals surface area contributed by atoms with Crippen molar-refractivity contribution in [1.29, 1.82) is 0 Å². The van der Waals surface area contributed by atoms with Crippen LogP contribution in [0.15, 0.2) is 35.3 Å². The summed E-state index contributed by atoms with van der Waals surface area (Å²) in [5, 5.41) is 3.04. The van der Waals surface area contributed by atoms with E-state index < -0.39 is 6.36 Å². The minimum Gasteiger partial charge on any atom is -0.405 e. The van der Waals surface area contributed by atoms with Crippen molar-refractivity contribution < 1.29 is 17.9 Å². The molecule has 0 aliphatic carbocycles. The van der Waals surface area contributed by atoms with Crippen LogP contribution < -0.4 is 10.1 Å². The first kappa shape index (κ1) is 13.9. The van der Waals surface area contributed by atoms with Crippen LogP contribution in [0.1, 0.15) is 6.92 Å². The number of anilines is 1. The molecule has 1 N–H and O–H groups in total. The van der Waals surface area contributed by atoms with E-state index in [1.807, 2.05) is 6.92 Å². The van der Waals surface area contributed by atoms with Crippen molar-refractivity contribution in [1.82, 2.24) is 0 Å². The highest BCUT2D eigenvalue weighted by atomic mass is 79.9. The Morgan fingerprint density at radius 1 is 1.47 bits per heavy atom. The molecule has 6 heteroatoms. The largest absolute Gasteiger partial charge is 0.573 e. The van der Waals surface area contributed by atoms with Gasteiger partial charge in [-0.1, -0.05) is 6.08 Å². The highest BCUT2D eigenvalue weighted by molar-refractivity contribution is 9.10. The Labute approximate surface area is 106 Å². The van der Waals surface area contributed by atoms with Crippen LogP contribution in [0.2, 0.25) is 0 Å². The number of halogens is 4. The zero-order valence-electron chi connectivity index (χ0n) is 9.01. The summed E-state index contributed by atoms with van der Waals surface area (Å²) >= 11 is 3.02. The molecule has 1 unspecified atom stereocenters. The van der Waals surface area contributed by atoms with Crippen LogP contribution in [0.3, 0.4) is 0 Å². The average molecular weight is 310 g/mol. The maximum Gasteiger partial charge on any atom is 0.573 e. The lowest BCUT2D eigenvalue weighted by Gasteiger charge is -2.14. The SMILES string of the molecule is C=CC(C)Nc1ccc(OC(F)(F)F)c(Br)c1. The Kier molecular flexibility index (Phi) is 4.45. The third kappa shape index (κ3) is 4.68. The van der Waals surface area contributed by atoms with Gasteiger partial charge in [0.1, 0.15) is 5.75 Å². The fourth-order valence-corrected chi connectivity index (χ4v) is 1.58. The summed E-state index contributed by atoms with van der Waals surface area (Å²) in [6.45, 7) is 5.47. The molecular weight excluding hydrogens is 299 g/mol. The molecule has 0 saturated carbocycles. The number of benzene rings is 1. The molecule has 1 aromatic rings. The molecule has 1 rings (SSSR count). The number of nitrogens with one attached hydrogen (secondary N) is 1. The Morgan fingerprint density at radius 2 is 2.12 bits per heavy atom. The highest BCUT2D eigenvalue weighted by Gasteiger charge is 2.31.